The van der Waals surface area contributed by atoms with Crippen LogP contribution in [0.15, 0.2) is 12.1 Å². The molecule has 1 heterocycles. The Morgan fingerprint density at radius 3 is 2.78 bits per heavy atom. The SMILES string of the molecule is Cc1ccc(C)c2c3c([nH]c12)CCC(N)(CO)C3. The van der Waals surface area contributed by atoms with Crippen LogP contribution in [0.4, 0.5) is 0 Å². The average molecular weight is 244 g/mol. The first-order valence-corrected chi connectivity index (χ1v) is 6.53. The molecule has 0 radical (unpaired) electrons. The number of rotatable bonds is 1. The molecule has 1 aliphatic carbocycles. The Bertz CT molecular complexity index is 614. The van der Waals surface area contributed by atoms with Crippen molar-refractivity contribution >= 4 is 10.9 Å². The lowest BCUT2D eigenvalue weighted by molar-refractivity contribution is 0.181. The van der Waals surface area contributed by atoms with E-state index in [1.165, 1.54) is 33.3 Å². The van der Waals surface area contributed by atoms with Crippen LogP contribution in [-0.2, 0) is 12.8 Å². The van der Waals surface area contributed by atoms with Crippen LogP contribution in [0, 0.1) is 13.8 Å². The molecule has 1 aromatic heterocycles. The van der Waals surface area contributed by atoms with Gasteiger partial charge in [0.05, 0.1) is 6.61 Å². The van der Waals surface area contributed by atoms with Gasteiger partial charge in [0.1, 0.15) is 0 Å². The van der Waals surface area contributed by atoms with Gasteiger partial charge in [0.2, 0.25) is 0 Å². The minimum atomic E-state index is -0.446. The Labute approximate surface area is 107 Å². The van der Waals surface area contributed by atoms with Crippen molar-refractivity contribution in [2.75, 3.05) is 6.61 Å². The number of H-pyrrole nitrogens is 1. The summed E-state index contributed by atoms with van der Waals surface area (Å²) < 4.78 is 0. The predicted molar refractivity (Wildman–Crippen MR) is 73.8 cm³/mol. The van der Waals surface area contributed by atoms with E-state index < -0.39 is 5.54 Å². The largest absolute Gasteiger partial charge is 0.394 e. The van der Waals surface area contributed by atoms with Crippen LogP contribution < -0.4 is 5.73 Å². The molecule has 0 aliphatic heterocycles. The summed E-state index contributed by atoms with van der Waals surface area (Å²) in [6.07, 6.45) is 2.55. The van der Waals surface area contributed by atoms with E-state index in [9.17, 15) is 5.11 Å². The van der Waals surface area contributed by atoms with E-state index in [1.807, 2.05) is 0 Å². The number of aryl methyl sites for hydroxylation is 3. The van der Waals surface area contributed by atoms with E-state index in [2.05, 4.69) is 31.0 Å². The topological polar surface area (TPSA) is 62.0 Å². The number of aliphatic hydroxyl groups excluding tert-OH is 1. The minimum Gasteiger partial charge on any atom is -0.394 e. The van der Waals surface area contributed by atoms with E-state index in [0.29, 0.717) is 0 Å². The molecule has 0 spiro atoms. The highest BCUT2D eigenvalue weighted by atomic mass is 16.3. The summed E-state index contributed by atoms with van der Waals surface area (Å²) in [5.74, 6) is 0. The van der Waals surface area contributed by atoms with Crippen LogP contribution in [0.5, 0.6) is 0 Å². The number of aromatic amines is 1. The Balaban J connectivity index is 2.25. The molecular weight excluding hydrogens is 224 g/mol. The molecule has 0 amide bonds. The highest BCUT2D eigenvalue weighted by Crippen LogP contribution is 2.35. The van der Waals surface area contributed by atoms with Crippen molar-refractivity contribution in [3.05, 3.63) is 34.5 Å². The maximum absolute atomic E-state index is 9.47. The third kappa shape index (κ3) is 1.58. The molecule has 3 rings (SSSR count). The standard InChI is InChI=1S/C15H20N2O/c1-9-3-4-10(2)14-13(9)11-7-15(16,8-18)6-5-12(11)17-14/h3-4,17-18H,5-8,16H2,1-2H3. The van der Waals surface area contributed by atoms with E-state index in [1.54, 1.807) is 0 Å². The van der Waals surface area contributed by atoms with E-state index in [-0.39, 0.29) is 6.61 Å². The molecule has 4 N–H and O–H groups in total. The van der Waals surface area contributed by atoms with Crippen molar-refractivity contribution < 1.29 is 5.11 Å². The quantitative estimate of drug-likeness (QED) is 0.718. The summed E-state index contributed by atoms with van der Waals surface area (Å²) in [4.78, 5) is 3.55. The van der Waals surface area contributed by atoms with Crippen LogP contribution >= 0.6 is 0 Å². The van der Waals surface area contributed by atoms with Gasteiger partial charge in [-0.15, -0.1) is 0 Å². The fraction of sp³-hybridized carbons (Fsp3) is 0.467. The van der Waals surface area contributed by atoms with Crippen LogP contribution in [0.25, 0.3) is 10.9 Å². The zero-order valence-electron chi connectivity index (χ0n) is 11.0. The molecule has 3 nitrogen and oxygen atoms in total. The first-order valence-electron chi connectivity index (χ1n) is 6.53. The van der Waals surface area contributed by atoms with Crippen molar-refractivity contribution in [1.29, 1.82) is 0 Å². The van der Waals surface area contributed by atoms with Crippen molar-refractivity contribution in [2.24, 2.45) is 5.73 Å². The highest BCUT2D eigenvalue weighted by molar-refractivity contribution is 5.90. The molecule has 1 atom stereocenters. The lowest BCUT2D eigenvalue weighted by atomic mass is 9.80. The Hall–Kier alpha value is -1.32. The maximum Gasteiger partial charge on any atom is 0.0614 e. The molecule has 0 fully saturated rings. The summed E-state index contributed by atoms with van der Waals surface area (Å²) in [6.45, 7) is 4.33. The fourth-order valence-electron chi connectivity index (χ4n) is 3.10. The number of aromatic nitrogens is 1. The second-order valence-electron chi connectivity index (χ2n) is 5.73. The molecule has 96 valence electrons. The molecule has 0 saturated heterocycles. The fourth-order valence-corrected chi connectivity index (χ4v) is 3.10. The normalized spacial score (nSPS) is 23.3. The molecule has 0 bridgehead atoms. The Morgan fingerprint density at radius 2 is 2.06 bits per heavy atom. The predicted octanol–water partition coefficient (Wildman–Crippen LogP) is 1.96. The number of nitrogens with one attached hydrogen (secondary N) is 1. The number of fused-ring (bicyclic) bond motifs is 3. The zero-order valence-corrected chi connectivity index (χ0v) is 11.0. The third-order valence-electron chi connectivity index (χ3n) is 4.28. The molecule has 1 aliphatic rings. The van der Waals surface area contributed by atoms with Gasteiger partial charge in [-0.2, -0.15) is 0 Å². The van der Waals surface area contributed by atoms with Gasteiger partial charge in [0.15, 0.2) is 0 Å². The number of hydrogen-bond donors (Lipinski definition) is 3. The van der Waals surface area contributed by atoms with Gasteiger partial charge in [-0.25, -0.2) is 0 Å². The van der Waals surface area contributed by atoms with Crippen LogP contribution in [0.2, 0.25) is 0 Å². The average Bonchev–Trinajstić information content (AvgIpc) is 2.73. The summed E-state index contributed by atoms with van der Waals surface area (Å²) in [7, 11) is 0. The second-order valence-corrected chi connectivity index (χ2v) is 5.73. The van der Waals surface area contributed by atoms with Crippen LogP contribution in [-0.4, -0.2) is 22.2 Å². The lowest BCUT2D eigenvalue weighted by Crippen LogP contribution is -2.48. The van der Waals surface area contributed by atoms with E-state index in [4.69, 9.17) is 5.73 Å². The Morgan fingerprint density at radius 1 is 1.33 bits per heavy atom. The lowest BCUT2D eigenvalue weighted by Gasteiger charge is -2.31. The number of aliphatic hydroxyl groups is 1. The zero-order chi connectivity index (χ0) is 12.9. The third-order valence-corrected chi connectivity index (χ3v) is 4.28. The van der Waals surface area contributed by atoms with Crippen molar-refractivity contribution in [3.8, 4) is 0 Å². The minimum absolute atomic E-state index is 0.0595. The van der Waals surface area contributed by atoms with Gasteiger partial charge >= 0.3 is 0 Å². The first kappa shape index (κ1) is 11.8. The van der Waals surface area contributed by atoms with Crippen molar-refractivity contribution in [2.45, 2.75) is 38.6 Å². The number of nitrogens with two attached hydrogens (primary N) is 1. The van der Waals surface area contributed by atoms with Gasteiger partial charge in [-0.3, -0.25) is 0 Å². The molecular formula is C15H20N2O. The summed E-state index contributed by atoms with van der Waals surface area (Å²) >= 11 is 0. The summed E-state index contributed by atoms with van der Waals surface area (Å²) in [6, 6.07) is 4.32. The van der Waals surface area contributed by atoms with Crippen LogP contribution in [0.1, 0.15) is 28.8 Å². The van der Waals surface area contributed by atoms with Crippen molar-refractivity contribution in [3.63, 3.8) is 0 Å². The van der Waals surface area contributed by atoms with Gasteiger partial charge < -0.3 is 15.8 Å². The van der Waals surface area contributed by atoms with Crippen molar-refractivity contribution in [1.82, 2.24) is 4.98 Å². The second kappa shape index (κ2) is 3.84. The molecule has 18 heavy (non-hydrogen) atoms. The molecule has 0 saturated carbocycles. The van der Waals surface area contributed by atoms with E-state index >= 15 is 0 Å². The van der Waals surface area contributed by atoms with Gasteiger partial charge in [0, 0.05) is 22.1 Å². The number of hydrogen-bond acceptors (Lipinski definition) is 2. The molecule has 2 aromatic rings. The van der Waals surface area contributed by atoms with Gasteiger partial charge in [0.25, 0.3) is 0 Å². The molecule has 1 unspecified atom stereocenters. The van der Waals surface area contributed by atoms with Gasteiger partial charge in [-0.1, -0.05) is 12.1 Å². The highest BCUT2D eigenvalue weighted by Gasteiger charge is 2.32. The monoisotopic (exact) mass is 244 g/mol. The number of benzene rings is 1. The smallest absolute Gasteiger partial charge is 0.0614 e. The van der Waals surface area contributed by atoms with E-state index in [0.717, 1.165) is 19.3 Å². The Kier molecular flexibility index (Phi) is 2.50. The first-order chi connectivity index (χ1) is 8.54. The van der Waals surface area contributed by atoms with Gasteiger partial charge in [-0.05, 0) is 49.8 Å². The molecule has 3 heteroatoms. The summed E-state index contributed by atoms with van der Waals surface area (Å²) in [5.41, 5.74) is 12.2. The maximum atomic E-state index is 9.47. The molecule has 1 aromatic carbocycles. The van der Waals surface area contributed by atoms with Crippen LogP contribution in [0.3, 0.4) is 0 Å². The summed E-state index contributed by atoms with van der Waals surface area (Å²) in [5, 5.41) is 10.8.